The number of hydrogen-bond acceptors (Lipinski definition) is 7. The number of carbonyl (C=O) groups excluding carboxylic acids is 3. The lowest BCUT2D eigenvalue weighted by atomic mass is 10.1. The number of nitrogens with one attached hydrogen (secondary N) is 1. The van der Waals surface area contributed by atoms with Gasteiger partial charge in [0.2, 0.25) is 0 Å². The van der Waals surface area contributed by atoms with Crippen molar-refractivity contribution in [1.82, 2.24) is 5.32 Å². The van der Waals surface area contributed by atoms with Crippen LogP contribution < -0.4 is 14.8 Å². The summed E-state index contributed by atoms with van der Waals surface area (Å²) in [5.41, 5.74) is -0.383. The molecule has 0 spiro atoms. The third-order valence-corrected chi connectivity index (χ3v) is 3.53. The Morgan fingerprint density at radius 1 is 0.966 bits per heavy atom. The Balaban J connectivity index is 3.11. The van der Waals surface area contributed by atoms with Crippen LogP contribution >= 0.6 is 0 Å². The van der Waals surface area contributed by atoms with E-state index < -0.39 is 23.4 Å². The summed E-state index contributed by atoms with van der Waals surface area (Å²) < 4.78 is 20.9. The first-order valence-corrected chi connectivity index (χ1v) is 9.31. The van der Waals surface area contributed by atoms with Gasteiger partial charge in [-0.15, -0.1) is 0 Å². The summed E-state index contributed by atoms with van der Waals surface area (Å²) in [5, 5.41) is 2.43. The van der Waals surface area contributed by atoms with E-state index >= 15 is 0 Å². The predicted octanol–water partition coefficient (Wildman–Crippen LogP) is 2.76. The van der Waals surface area contributed by atoms with E-state index in [1.54, 1.807) is 66.0 Å². The molecule has 0 radical (unpaired) electrons. The van der Waals surface area contributed by atoms with Gasteiger partial charge in [-0.2, -0.15) is 0 Å². The Morgan fingerprint density at radius 2 is 1.55 bits per heavy atom. The number of amides is 1. The molecule has 0 aromatic heterocycles. The van der Waals surface area contributed by atoms with E-state index in [2.05, 4.69) is 5.32 Å². The molecule has 160 valence electrons. The average molecular weight is 407 g/mol. The third kappa shape index (κ3) is 8.25. The third-order valence-electron chi connectivity index (χ3n) is 3.53. The van der Waals surface area contributed by atoms with Crippen molar-refractivity contribution >= 4 is 17.8 Å². The molecule has 0 atom stereocenters. The highest BCUT2D eigenvalue weighted by molar-refractivity contribution is 6.33. The predicted molar refractivity (Wildman–Crippen MR) is 106 cm³/mol. The van der Waals surface area contributed by atoms with Crippen molar-refractivity contribution in [3.63, 3.8) is 0 Å². The summed E-state index contributed by atoms with van der Waals surface area (Å²) in [5.74, 6) is -1.48. The van der Waals surface area contributed by atoms with Gasteiger partial charge in [0.05, 0.1) is 25.0 Å². The second-order valence-electron chi connectivity index (χ2n) is 6.95. The van der Waals surface area contributed by atoms with Crippen molar-refractivity contribution in [3.05, 3.63) is 35.5 Å². The van der Waals surface area contributed by atoms with Crippen LogP contribution in [-0.2, 0) is 23.9 Å². The Morgan fingerprint density at radius 3 is 2.03 bits per heavy atom. The van der Waals surface area contributed by atoms with Gasteiger partial charge in [-0.1, -0.05) is 6.92 Å². The number of rotatable bonds is 8. The maximum atomic E-state index is 12.6. The smallest absolute Gasteiger partial charge is 0.397 e. The largest absolute Gasteiger partial charge is 0.497 e. The number of esters is 2. The van der Waals surface area contributed by atoms with Gasteiger partial charge < -0.3 is 24.3 Å². The van der Waals surface area contributed by atoms with Gasteiger partial charge in [-0.3, -0.25) is 4.79 Å². The minimum absolute atomic E-state index is 0.0559. The molecule has 1 rings (SSSR count). The quantitative estimate of drug-likeness (QED) is 0.402. The zero-order chi connectivity index (χ0) is 22.0. The minimum Gasteiger partial charge on any atom is -0.497 e. The fraction of sp³-hybridized carbons (Fsp3) is 0.476. The van der Waals surface area contributed by atoms with Crippen LogP contribution in [0.4, 0.5) is 0 Å². The highest BCUT2D eigenvalue weighted by atomic mass is 16.6. The van der Waals surface area contributed by atoms with Gasteiger partial charge in [0.15, 0.2) is 0 Å². The van der Waals surface area contributed by atoms with E-state index in [1.807, 2.05) is 0 Å². The zero-order valence-electron chi connectivity index (χ0n) is 17.8. The molecule has 0 saturated carbocycles. The Kier molecular flexibility index (Phi) is 9.18. The summed E-state index contributed by atoms with van der Waals surface area (Å²) >= 11 is 0. The first kappa shape index (κ1) is 24.0. The molecule has 0 heterocycles. The zero-order valence-corrected chi connectivity index (χ0v) is 17.8. The lowest BCUT2D eigenvalue weighted by Crippen LogP contribution is -2.36. The molecular formula is C21H29NO7. The molecule has 0 aliphatic heterocycles. The number of hydrogen-bond donors (Lipinski definition) is 1. The molecule has 0 saturated heterocycles. The van der Waals surface area contributed by atoms with Gasteiger partial charge in [0.1, 0.15) is 23.7 Å². The second-order valence-corrected chi connectivity index (χ2v) is 6.95. The normalized spacial score (nSPS) is 11.8. The molecule has 8 heteroatoms. The number of ether oxygens (including phenoxy) is 4. The molecule has 1 aromatic carbocycles. The fourth-order valence-corrected chi connectivity index (χ4v) is 2.23. The van der Waals surface area contributed by atoms with E-state index in [1.165, 1.54) is 0 Å². The average Bonchev–Trinajstić information content (AvgIpc) is 2.65. The second kappa shape index (κ2) is 11.1. The molecule has 0 fully saturated rings. The van der Waals surface area contributed by atoms with Crippen molar-refractivity contribution in [2.24, 2.45) is 0 Å². The van der Waals surface area contributed by atoms with Crippen molar-refractivity contribution in [1.29, 1.82) is 0 Å². The standard InChI is InChI=1S/C21H29NO7/c1-7-16(19(24)29-21(3,4)5)17(22-18(23)20(25)27-8-2)13-28-15-11-9-14(26-6)10-12-15/h9-12H,7-8,13H2,1-6H3,(H,22,23)/b17-16-. The van der Waals surface area contributed by atoms with E-state index in [0.29, 0.717) is 11.5 Å². The minimum atomic E-state index is -1.05. The number of methoxy groups -OCH3 is 1. The highest BCUT2D eigenvalue weighted by Gasteiger charge is 2.25. The molecule has 0 unspecified atom stereocenters. The van der Waals surface area contributed by atoms with Crippen LogP contribution in [0.1, 0.15) is 41.0 Å². The SMILES string of the molecule is CCOC(=O)C(=O)N/C(COc1ccc(OC)cc1)=C(/CC)C(=O)OC(C)(C)C. The topological polar surface area (TPSA) is 100 Å². The summed E-state index contributed by atoms with van der Waals surface area (Å²) in [4.78, 5) is 36.4. The van der Waals surface area contributed by atoms with Crippen molar-refractivity contribution in [2.45, 2.75) is 46.6 Å². The van der Waals surface area contributed by atoms with Crippen LogP contribution in [0.3, 0.4) is 0 Å². The molecule has 1 amide bonds. The van der Waals surface area contributed by atoms with Gasteiger partial charge in [0.25, 0.3) is 0 Å². The number of benzene rings is 1. The van der Waals surface area contributed by atoms with E-state index in [4.69, 9.17) is 18.9 Å². The van der Waals surface area contributed by atoms with Crippen LogP contribution in [0.15, 0.2) is 35.5 Å². The van der Waals surface area contributed by atoms with E-state index in [9.17, 15) is 14.4 Å². The fourth-order valence-electron chi connectivity index (χ4n) is 2.23. The lowest BCUT2D eigenvalue weighted by Gasteiger charge is -2.22. The highest BCUT2D eigenvalue weighted by Crippen LogP contribution is 2.19. The molecule has 0 bridgehead atoms. The van der Waals surface area contributed by atoms with Crippen molar-refractivity contribution in [3.8, 4) is 11.5 Å². The molecule has 29 heavy (non-hydrogen) atoms. The molecule has 1 N–H and O–H groups in total. The first-order chi connectivity index (χ1) is 13.6. The molecular weight excluding hydrogens is 378 g/mol. The van der Waals surface area contributed by atoms with Crippen LogP contribution in [0, 0.1) is 0 Å². The maximum Gasteiger partial charge on any atom is 0.397 e. The Labute approximate surface area is 171 Å². The van der Waals surface area contributed by atoms with Gasteiger partial charge in [-0.05, 0) is 58.4 Å². The summed E-state index contributed by atoms with van der Waals surface area (Å²) in [6.45, 7) is 8.45. The van der Waals surface area contributed by atoms with Crippen LogP contribution in [0.2, 0.25) is 0 Å². The Hall–Kier alpha value is -3.03. The summed E-state index contributed by atoms with van der Waals surface area (Å²) in [7, 11) is 1.55. The van der Waals surface area contributed by atoms with Crippen LogP contribution in [-0.4, -0.2) is 43.8 Å². The van der Waals surface area contributed by atoms with Gasteiger partial charge in [-0.25, -0.2) is 9.59 Å². The first-order valence-electron chi connectivity index (χ1n) is 9.31. The molecule has 1 aromatic rings. The molecule has 0 aliphatic rings. The number of carbonyl (C=O) groups is 3. The van der Waals surface area contributed by atoms with Gasteiger partial charge in [0, 0.05) is 0 Å². The van der Waals surface area contributed by atoms with E-state index in [0.717, 1.165) is 0 Å². The van der Waals surface area contributed by atoms with Crippen molar-refractivity contribution < 1.29 is 33.3 Å². The van der Waals surface area contributed by atoms with E-state index in [-0.39, 0.29) is 30.9 Å². The monoisotopic (exact) mass is 407 g/mol. The van der Waals surface area contributed by atoms with Gasteiger partial charge >= 0.3 is 17.8 Å². The van der Waals surface area contributed by atoms with Crippen LogP contribution in [0.5, 0.6) is 11.5 Å². The van der Waals surface area contributed by atoms with Crippen molar-refractivity contribution in [2.75, 3.05) is 20.3 Å². The lowest BCUT2D eigenvalue weighted by molar-refractivity contribution is -0.154. The van der Waals surface area contributed by atoms with Crippen LogP contribution in [0.25, 0.3) is 0 Å². The summed E-state index contributed by atoms with van der Waals surface area (Å²) in [6.07, 6.45) is 0.263. The maximum absolute atomic E-state index is 12.6. The molecule has 0 aliphatic carbocycles. The Bertz CT molecular complexity index is 745. The summed E-state index contributed by atoms with van der Waals surface area (Å²) in [6, 6.07) is 6.79. The molecule has 8 nitrogen and oxygen atoms in total.